The second-order valence-corrected chi connectivity index (χ2v) is 6.29. The molecule has 0 heterocycles. The van der Waals surface area contributed by atoms with Crippen molar-refractivity contribution in [2.24, 2.45) is 0 Å². The number of hydrogen-bond donors (Lipinski definition) is 0. The Morgan fingerprint density at radius 3 is 2.08 bits per heavy atom. The molecule has 0 N–H and O–H groups in total. The summed E-state index contributed by atoms with van der Waals surface area (Å²) in [5.74, 6) is 0.739. The number of carbonyl (C=O) groups is 1. The highest BCUT2D eigenvalue weighted by molar-refractivity contribution is 5.69. The summed E-state index contributed by atoms with van der Waals surface area (Å²) in [4.78, 5) is 11.9. The molecule has 0 bridgehead atoms. The van der Waals surface area contributed by atoms with Crippen molar-refractivity contribution >= 4 is 5.97 Å². The highest BCUT2D eigenvalue weighted by Gasteiger charge is 2.11. The van der Waals surface area contributed by atoms with Crippen molar-refractivity contribution in [2.45, 2.75) is 52.1 Å². The molecular weight excluding hydrogens is 312 g/mol. The quantitative estimate of drug-likeness (QED) is 0.419. The maximum absolute atomic E-state index is 11.9. The molecule has 2 aromatic carbocycles. The molecule has 0 saturated carbocycles. The molecule has 0 aromatic heterocycles. The lowest BCUT2D eigenvalue weighted by Gasteiger charge is -2.14. The fourth-order valence-corrected chi connectivity index (χ4v) is 2.75. The molecular formula is C22H28O3. The molecule has 0 aliphatic heterocycles. The lowest BCUT2D eigenvalue weighted by molar-refractivity contribution is -0.148. The first-order valence-corrected chi connectivity index (χ1v) is 9.08. The predicted octanol–water partition coefficient (Wildman–Crippen LogP) is 5.94. The smallest absolute Gasteiger partial charge is 0.306 e. The van der Waals surface area contributed by atoms with Gasteiger partial charge in [-0.3, -0.25) is 4.79 Å². The van der Waals surface area contributed by atoms with E-state index < -0.39 is 0 Å². The van der Waals surface area contributed by atoms with Crippen molar-refractivity contribution in [3.63, 3.8) is 0 Å². The number of benzene rings is 2. The van der Waals surface area contributed by atoms with Crippen LogP contribution in [0.2, 0.25) is 0 Å². The van der Waals surface area contributed by atoms with E-state index in [1.807, 2.05) is 43.3 Å². The predicted molar refractivity (Wildman–Crippen MR) is 102 cm³/mol. The zero-order valence-corrected chi connectivity index (χ0v) is 15.5. The van der Waals surface area contributed by atoms with Crippen molar-refractivity contribution in [3.8, 4) is 16.9 Å². The summed E-state index contributed by atoms with van der Waals surface area (Å²) in [6, 6.07) is 16.1. The van der Waals surface area contributed by atoms with Crippen LogP contribution in [0, 0.1) is 0 Å². The normalized spacial score (nSPS) is 11.8. The van der Waals surface area contributed by atoms with Crippen LogP contribution < -0.4 is 4.74 Å². The first-order valence-electron chi connectivity index (χ1n) is 9.08. The minimum Gasteiger partial charge on any atom is -0.497 e. The molecule has 25 heavy (non-hydrogen) atoms. The van der Waals surface area contributed by atoms with E-state index in [2.05, 4.69) is 19.1 Å². The average Bonchev–Trinajstić information content (AvgIpc) is 2.65. The topological polar surface area (TPSA) is 35.5 Å². The Labute approximate surface area is 151 Å². The Morgan fingerprint density at radius 1 is 0.920 bits per heavy atom. The Hall–Kier alpha value is -2.29. The molecule has 2 rings (SSSR count). The van der Waals surface area contributed by atoms with Crippen LogP contribution in [0.25, 0.3) is 11.1 Å². The molecule has 0 fully saturated rings. The summed E-state index contributed by atoms with van der Waals surface area (Å²) in [7, 11) is 1.66. The maximum Gasteiger partial charge on any atom is 0.306 e. The van der Waals surface area contributed by atoms with Crippen LogP contribution in [0.3, 0.4) is 0 Å². The Bertz CT molecular complexity index is 644. The van der Waals surface area contributed by atoms with Crippen molar-refractivity contribution in [1.82, 2.24) is 0 Å². The van der Waals surface area contributed by atoms with Gasteiger partial charge in [0.25, 0.3) is 0 Å². The number of rotatable bonds is 9. The average molecular weight is 340 g/mol. The third-order valence-corrected chi connectivity index (χ3v) is 4.35. The van der Waals surface area contributed by atoms with E-state index in [0.29, 0.717) is 6.42 Å². The maximum atomic E-state index is 11.9. The van der Waals surface area contributed by atoms with Crippen molar-refractivity contribution in [3.05, 3.63) is 54.1 Å². The van der Waals surface area contributed by atoms with Gasteiger partial charge in [0.2, 0.25) is 0 Å². The number of unbranched alkanes of at least 4 members (excludes halogenated alkanes) is 3. The fraction of sp³-hybridized carbons (Fsp3) is 0.409. The Morgan fingerprint density at radius 2 is 1.52 bits per heavy atom. The summed E-state index contributed by atoms with van der Waals surface area (Å²) >= 11 is 0. The van der Waals surface area contributed by atoms with Gasteiger partial charge in [0.1, 0.15) is 11.9 Å². The molecule has 0 saturated heterocycles. The number of carbonyl (C=O) groups excluding carboxylic acids is 1. The lowest BCUT2D eigenvalue weighted by atomic mass is 10.0. The zero-order valence-electron chi connectivity index (χ0n) is 15.5. The third kappa shape index (κ3) is 5.93. The van der Waals surface area contributed by atoms with Crippen molar-refractivity contribution in [1.29, 1.82) is 0 Å². The van der Waals surface area contributed by atoms with E-state index in [-0.39, 0.29) is 12.1 Å². The highest BCUT2D eigenvalue weighted by Crippen LogP contribution is 2.25. The molecule has 1 atom stereocenters. The van der Waals surface area contributed by atoms with E-state index in [1.54, 1.807) is 7.11 Å². The van der Waals surface area contributed by atoms with Crippen molar-refractivity contribution < 1.29 is 14.3 Å². The van der Waals surface area contributed by atoms with Crippen LogP contribution in [0.1, 0.15) is 57.6 Å². The van der Waals surface area contributed by atoms with Gasteiger partial charge in [-0.25, -0.2) is 0 Å². The summed E-state index contributed by atoms with van der Waals surface area (Å²) in [6.45, 7) is 4.09. The van der Waals surface area contributed by atoms with Gasteiger partial charge < -0.3 is 9.47 Å². The van der Waals surface area contributed by atoms with E-state index in [9.17, 15) is 4.79 Å². The zero-order chi connectivity index (χ0) is 18.1. The minimum absolute atomic E-state index is 0.108. The molecule has 3 heteroatoms. The Balaban J connectivity index is 1.90. The van der Waals surface area contributed by atoms with Gasteiger partial charge in [0, 0.05) is 6.42 Å². The molecule has 0 amide bonds. The van der Waals surface area contributed by atoms with Gasteiger partial charge in [-0.1, -0.05) is 62.6 Å². The van der Waals surface area contributed by atoms with Gasteiger partial charge in [-0.2, -0.15) is 0 Å². The van der Waals surface area contributed by atoms with Gasteiger partial charge in [-0.15, -0.1) is 0 Å². The summed E-state index contributed by atoms with van der Waals surface area (Å²) in [5, 5.41) is 0. The molecule has 2 aromatic rings. The van der Waals surface area contributed by atoms with Gasteiger partial charge >= 0.3 is 5.97 Å². The number of methoxy groups -OCH3 is 1. The standard InChI is InChI=1S/C22H28O3/c1-4-5-6-7-8-22(23)25-17(2)18-9-11-19(12-10-18)20-13-15-21(24-3)16-14-20/h9-17H,4-8H2,1-3H3. The Kier molecular flexibility index (Phi) is 7.52. The van der Waals surface area contributed by atoms with Gasteiger partial charge in [-0.05, 0) is 42.2 Å². The molecule has 0 radical (unpaired) electrons. The molecule has 0 aliphatic carbocycles. The summed E-state index contributed by atoms with van der Waals surface area (Å²) in [5.41, 5.74) is 3.27. The molecule has 0 spiro atoms. The highest BCUT2D eigenvalue weighted by atomic mass is 16.5. The monoisotopic (exact) mass is 340 g/mol. The SMILES string of the molecule is CCCCCCC(=O)OC(C)c1ccc(-c2ccc(OC)cc2)cc1. The van der Waals surface area contributed by atoms with Crippen LogP contribution in [0.5, 0.6) is 5.75 Å². The van der Waals surface area contributed by atoms with E-state index >= 15 is 0 Å². The number of hydrogen-bond acceptors (Lipinski definition) is 3. The van der Waals surface area contributed by atoms with Crippen LogP contribution >= 0.6 is 0 Å². The van der Waals surface area contributed by atoms with Crippen LogP contribution in [-0.4, -0.2) is 13.1 Å². The fourth-order valence-electron chi connectivity index (χ4n) is 2.75. The van der Waals surface area contributed by atoms with Gasteiger partial charge in [0.15, 0.2) is 0 Å². The van der Waals surface area contributed by atoms with Crippen LogP contribution in [0.15, 0.2) is 48.5 Å². The summed E-state index contributed by atoms with van der Waals surface area (Å²) < 4.78 is 10.7. The van der Waals surface area contributed by atoms with Crippen molar-refractivity contribution in [2.75, 3.05) is 7.11 Å². The number of ether oxygens (including phenoxy) is 2. The molecule has 134 valence electrons. The molecule has 3 nitrogen and oxygen atoms in total. The summed E-state index contributed by atoms with van der Waals surface area (Å²) in [6.07, 6.45) is 4.64. The first-order chi connectivity index (χ1) is 12.1. The lowest BCUT2D eigenvalue weighted by Crippen LogP contribution is -2.08. The largest absolute Gasteiger partial charge is 0.497 e. The second kappa shape index (κ2) is 9.87. The van der Waals surface area contributed by atoms with Crippen LogP contribution in [-0.2, 0) is 9.53 Å². The van der Waals surface area contributed by atoms with E-state index in [1.165, 1.54) is 12.8 Å². The molecule has 0 aliphatic rings. The molecule has 1 unspecified atom stereocenters. The van der Waals surface area contributed by atoms with E-state index in [0.717, 1.165) is 35.3 Å². The second-order valence-electron chi connectivity index (χ2n) is 6.29. The van der Waals surface area contributed by atoms with Crippen LogP contribution in [0.4, 0.5) is 0 Å². The first kappa shape index (κ1) is 19.0. The third-order valence-electron chi connectivity index (χ3n) is 4.35. The minimum atomic E-state index is -0.219. The van der Waals surface area contributed by atoms with E-state index in [4.69, 9.17) is 9.47 Å². The number of esters is 1. The van der Waals surface area contributed by atoms with Gasteiger partial charge in [0.05, 0.1) is 7.11 Å².